The molecule has 0 amide bonds. The van der Waals surface area contributed by atoms with E-state index in [1.165, 1.54) is 0 Å². The lowest BCUT2D eigenvalue weighted by atomic mass is 9.95. The third-order valence-electron chi connectivity index (χ3n) is 4.72. The van der Waals surface area contributed by atoms with Crippen LogP contribution >= 0.6 is 11.8 Å². The summed E-state index contributed by atoms with van der Waals surface area (Å²) in [5.41, 5.74) is 1.92. The van der Waals surface area contributed by atoms with Gasteiger partial charge in [0.1, 0.15) is 6.04 Å². The molecule has 26 heavy (non-hydrogen) atoms. The van der Waals surface area contributed by atoms with E-state index in [1.54, 1.807) is 32.2 Å². The maximum Gasteiger partial charge on any atom is 0.200 e. The Balaban J connectivity index is 1.82. The van der Waals surface area contributed by atoms with Gasteiger partial charge in [0.05, 0.1) is 26.0 Å². The molecule has 0 aliphatic carbocycles. The first-order chi connectivity index (χ1) is 12.6. The number of fused-ring (bicyclic) bond motifs is 1. The summed E-state index contributed by atoms with van der Waals surface area (Å²) in [4.78, 5) is 11.8. The van der Waals surface area contributed by atoms with Gasteiger partial charge in [-0.3, -0.25) is 9.98 Å². The predicted molar refractivity (Wildman–Crippen MR) is 102 cm³/mol. The van der Waals surface area contributed by atoms with Crippen LogP contribution in [-0.4, -0.2) is 46.2 Å². The fraction of sp³-hybridized carbons (Fsp3) is 0.368. The van der Waals surface area contributed by atoms with Crippen LogP contribution in [0.15, 0.2) is 41.5 Å². The average Bonchev–Trinajstić information content (AvgIpc) is 3.18. The Kier molecular flexibility index (Phi) is 4.40. The van der Waals surface area contributed by atoms with E-state index >= 15 is 0 Å². The van der Waals surface area contributed by atoms with Crippen LogP contribution in [0, 0.1) is 0 Å². The molecular weight excluding hydrogens is 350 g/mol. The standard InChI is InChI=1S/C19H21N3O3S/c1-11-10-22-17(12-8-14(24-2)18(23)15(9-12)25-3)16(21-19(22)26-11)13-6-4-5-7-20-13/h4-9,11,16-17,23H,10H2,1-3H3/t11-,16+,17-/m0/s1. The van der Waals surface area contributed by atoms with Crippen LogP contribution in [0.1, 0.15) is 30.3 Å². The molecule has 4 rings (SSSR count). The van der Waals surface area contributed by atoms with Gasteiger partial charge in [0.15, 0.2) is 16.7 Å². The van der Waals surface area contributed by atoms with E-state index < -0.39 is 0 Å². The Hall–Kier alpha value is -2.41. The van der Waals surface area contributed by atoms with Crippen molar-refractivity contribution in [2.45, 2.75) is 24.3 Å². The van der Waals surface area contributed by atoms with Crippen molar-refractivity contribution in [3.63, 3.8) is 0 Å². The number of ether oxygens (including phenoxy) is 2. The Morgan fingerprint density at radius 3 is 2.54 bits per heavy atom. The second kappa shape index (κ2) is 6.72. The molecule has 6 nitrogen and oxygen atoms in total. The van der Waals surface area contributed by atoms with Crippen LogP contribution in [0.5, 0.6) is 17.2 Å². The molecule has 0 saturated carbocycles. The molecule has 0 radical (unpaired) electrons. The van der Waals surface area contributed by atoms with Gasteiger partial charge in [-0.1, -0.05) is 24.8 Å². The first-order valence-corrected chi connectivity index (χ1v) is 9.37. The van der Waals surface area contributed by atoms with Crippen molar-refractivity contribution in [2.75, 3.05) is 20.8 Å². The Labute approximate surface area is 156 Å². The van der Waals surface area contributed by atoms with Gasteiger partial charge in [0.2, 0.25) is 5.75 Å². The van der Waals surface area contributed by atoms with Crippen molar-refractivity contribution in [2.24, 2.45) is 4.99 Å². The summed E-state index contributed by atoms with van der Waals surface area (Å²) in [6, 6.07) is 9.51. The van der Waals surface area contributed by atoms with Crippen LogP contribution < -0.4 is 9.47 Å². The number of hydrogen-bond donors (Lipinski definition) is 1. The molecule has 3 heterocycles. The van der Waals surface area contributed by atoms with E-state index in [0.717, 1.165) is 23.0 Å². The molecule has 2 aromatic rings. The molecule has 0 bridgehead atoms. The van der Waals surface area contributed by atoms with E-state index in [9.17, 15) is 5.11 Å². The Bertz CT molecular complexity index is 818. The number of aromatic nitrogens is 1. The van der Waals surface area contributed by atoms with Gasteiger partial charge >= 0.3 is 0 Å². The zero-order valence-corrected chi connectivity index (χ0v) is 15.7. The molecule has 3 atom stereocenters. The van der Waals surface area contributed by atoms with E-state index in [4.69, 9.17) is 14.5 Å². The highest BCUT2D eigenvalue weighted by atomic mass is 32.2. The lowest BCUT2D eigenvalue weighted by molar-refractivity contribution is 0.311. The maximum atomic E-state index is 10.3. The van der Waals surface area contributed by atoms with Crippen LogP contribution in [-0.2, 0) is 0 Å². The first kappa shape index (κ1) is 17.0. The summed E-state index contributed by atoms with van der Waals surface area (Å²) in [6.07, 6.45) is 1.80. The second-order valence-electron chi connectivity index (χ2n) is 6.41. The lowest BCUT2D eigenvalue weighted by Crippen LogP contribution is -2.28. The fourth-order valence-electron chi connectivity index (χ4n) is 3.56. The number of aliphatic imine (C=N–C) groups is 1. The Morgan fingerprint density at radius 1 is 1.19 bits per heavy atom. The highest BCUT2D eigenvalue weighted by Crippen LogP contribution is 2.50. The quantitative estimate of drug-likeness (QED) is 0.889. The third-order valence-corrected chi connectivity index (χ3v) is 5.83. The number of hydrogen-bond acceptors (Lipinski definition) is 7. The lowest BCUT2D eigenvalue weighted by Gasteiger charge is -2.28. The van der Waals surface area contributed by atoms with E-state index in [-0.39, 0.29) is 17.8 Å². The first-order valence-electron chi connectivity index (χ1n) is 8.49. The zero-order chi connectivity index (χ0) is 18.3. The summed E-state index contributed by atoms with van der Waals surface area (Å²) >= 11 is 1.79. The van der Waals surface area contributed by atoms with Gasteiger partial charge in [-0.05, 0) is 29.8 Å². The maximum absolute atomic E-state index is 10.3. The van der Waals surface area contributed by atoms with E-state index in [0.29, 0.717) is 16.7 Å². The fourth-order valence-corrected chi connectivity index (χ4v) is 4.66. The number of phenolic OH excluding ortho intramolecular Hbond substituents is 1. The molecule has 2 aliphatic heterocycles. The van der Waals surface area contributed by atoms with Crippen LogP contribution in [0.25, 0.3) is 0 Å². The van der Waals surface area contributed by atoms with Crippen molar-refractivity contribution in [1.29, 1.82) is 0 Å². The number of benzene rings is 1. The van der Waals surface area contributed by atoms with Gasteiger partial charge in [-0.25, -0.2) is 0 Å². The molecule has 2 aliphatic rings. The van der Waals surface area contributed by atoms with Crippen molar-refractivity contribution in [1.82, 2.24) is 9.88 Å². The number of thioether (sulfide) groups is 1. The number of rotatable bonds is 4. The van der Waals surface area contributed by atoms with Gasteiger partial charge in [-0.15, -0.1) is 0 Å². The SMILES string of the molecule is COc1cc([C@H]2[C@@H](c3ccccn3)N=C3S[C@@H](C)CN32)cc(OC)c1O. The molecule has 7 heteroatoms. The van der Waals surface area contributed by atoms with Crippen LogP contribution in [0.4, 0.5) is 0 Å². The highest BCUT2D eigenvalue weighted by Gasteiger charge is 2.44. The van der Waals surface area contributed by atoms with Crippen molar-refractivity contribution < 1.29 is 14.6 Å². The molecular formula is C19H21N3O3S. The van der Waals surface area contributed by atoms with Gasteiger partial charge in [-0.2, -0.15) is 0 Å². The second-order valence-corrected chi connectivity index (χ2v) is 7.82. The zero-order valence-electron chi connectivity index (χ0n) is 14.9. The number of pyridine rings is 1. The van der Waals surface area contributed by atoms with Crippen LogP contribution in [0.2, 0.25) is 0 Å². The summed E-state index contributed by atoms with van der Waals surface area (Å²) in [7, 11) is 3.08. The summed E-state index contributed by atoms with van der Waals surface area (Å²) in [5, 5.41) is 11.8. The number of methoxy groups -OCH3 is 2. The topological polar surface area (TPSA) is 67.2 Å². The van der Waals surface area contributed by atoms with Crippen molar-refractivity contribution in [3.8, 4) is 17.2 Å². The third kappa shape index (κ3) is 2.76. The molecule has 0 unspecified atom stereocenters. The van der Waals surface area contributed by atoms with Gasteiger partial charge < -0.3 is 19.5 Å². The molecule has 0 spiro atoms. The van der Waals surface area contributed by atoms with Crippen LogP contribution in [0.3, 0.4) is 0 Å². The van der Waals surface area contributed by atoms with Gasteiger partial charge in [0, 0.05) is 18.0 Å². The normalized spacial score (nSPS) is 24.3. The average molecular weight is 371 g/mol. The van der Waals surface area contributed by atoms with Crippen molar-refractivity contribution >= 4 is 16.9 Å². The molecule has 1 aromatic carbocycles. The minimum absolute atomic E-state index is 0.0106. The smallest absolute Gasteiger partial charge is 0.200 e. The van der Waals surface area contributed by atoms with E-state index in [2.05, 4.69) is 16.8 Å². The minimum atomic E-state index is -0.106. The molecule has 1 N–H and O–H groups in total. The predicted octanol–water partition coefficient (Wildman–Crippen LogP) is 3.39. The number of phenols is 1. The van der Waals surface area contributed by atoms with Gasteiger partial charge in [0.25, 0.3) is 0 Å². The minimum Gasteiger partial charge on any atom is -0.502 e. The molecule has 1 saturated heterocycles. The number of nitrogens with zero attached hydrogens (tertiary/aromatic N) is 3. The largest absolute Gasteiger partial charge is 0.502 e. The molecule has 1 fully saturated rings. The summed E-state index contributed by atoms with van der Waals surface area (Å²) in [5.74, 6) is 0.802. The summed E-state index contributed by atoms with van der Waals surface area (Å²) < 4.78 is 10.7. The van der Waals surface area contributed by atoms with E-state index in [1.807, 2.05) is 30.3 Å². The number of amidine groups is 1. The number of aromatic hydroxyl groups is 1. The molecule has 136 valence electrons. The van der Waals surface area contributed by atoms with Crippen molar-refractivity contribution in [3.05, 3.63) is 47.8 Å². The highest BCUT2D eigenvalue weighted by molar-refractivity contribution is 8.14. The Morgan fingerprint density at radius 2 is 1.92 bits per heavy atom. The molecule has 1 aromatic heterocycles. The monoisotopic (exact) mass is 371 g/mol. The summed E-state index contributed by atoms with van der Waals surface area (Å²) in [6.45, 7) is 3.12.